The van der Waals surface area contributed by atoms with Gasteiger partial charge in [0, 0.05) is 17.1 Å². The van der Waals surface area contributed by atoms with Crippen LogP contribution in [0.5, 0.6) is 5.75 Å². The second-order valence-electron chi connectivity index (χ2n) is 10.2. The molecule has 0 saturated heterocycles. The first-order valence-electron chi connectivity index (χ1n) is 13.6. The molecule has 5 aromatic carbocycles. The summed E-state index contributed by atoms with van der Waals surface area (Å²) in [5.74, 6) is -0.0604. The summed E-state index contributed by atoms with van der Waals surface area (Å²) in [7, 11) is 1.65. The van der Waals surface area contributed by atoms with E-state index < -0.39 is 5.97 Å². The molecule has 5 aromatic rings. The molecule has 5 rings (SSSR count). The lowest BCUT2D eigenvalue weighted by Gasteiger charge is -2.26. The van der Waals surface area contributed by atoms with E-state index in [1.54, 1.807) is 7.11 Å². The van der Waals surface area contributed by atoms with Gasteiger partial charge in [0.1, 0.15) is 5.75 Å². The van der Waals surface area contributed by atoms with E-state index in [0.717, 1.165) is 33.9 Å². The molecule has 0 atom stereocenters. The van der Waals surface area contributed by atoms with Gasteiger partial charge in [-0.15, -0.1) is 0 Å². The Balaban J connectivity index is 1.53. The van der Waals surface area contributed by atoms with Crippen LogP contribution in [0.2, 0.25) is 0 Å². The molecule has 0 bridgehead atoms. The van der Waals surface area contributed by atoms with E-state index in [-0.39, 0.29) is 6.42 Å². The van der Waals surface area contributed by atoms with Gasteiger partial charge in [-0.25, -0.2) is 0 Å². The zero-order valence-corrected chi connectivity index (χ0v) is 23.5. The van der Waals surface area contributed by atoms with Gasteiger partial charge in [0.15, 0.2) is 0 Å². The van der Waals surface area contributed by atoms with Crippen LogP contribution in [0.15, 0.2) is 121 Å². The lowest BCUT2D eigenvalue weighted by Crippen LogP contribution is -2.10. The SMILES string of the molecule is COc1ccc(N(c2ccc(C=C(c3ccc(C)cc3)c3ccc(C)cc3)cc2)c2ccc(CC(=O)O)cc2)cc1. The van der Waals surface area contributed by atoms with Crippen LogP contribution in [0.1, 0.15) is 33.4 Å². The number of carboxylic acid groups (broad SMARTS) is 1. The van der Waals surface area contributed by atoms with E-state index in [9.17, 15) is 9.90 Å². The molecular formula is C37H33NO3. The molecule has 1 N–H and O–H groups in total. The molecule has 0 aliphatic rings. The van der Waals surface area contributed by atoms with Crippen molar-refractivity contribution in [2.75, 3.05) is 12.0 Å². The number of anilines is 3. The number of aliphatic carboxylic acids is 1. The van der Waals surface area contributed by atoms with Crippen molar-refractivity contribution in [2.24, 2.45) is 0 Å². The number of benzene rings is 5. The van der Waals surface area contributed by atoms with Gasteiger partial charge < -0.3 is 14.7 Å². The maximum atomic E-state index is 11.2. The van der Waals surface area contributed by atoms with Crippen molar-refractivity contribution in [1.29, 1.82) is 0 Å². The first kappa shape index (κ1) is 27.5. The number of ether oxygens (including phenoxy) is 1. The highest BCUT2D eigenvalue weighted by molar-refractivity contribution is 5.92. The Morgan fingerprint density at radius 1 is 0.659 bits per heavy atom. The van der Waals surface area contributed by atoms with Crippen molar-refractivity contribution >= 4 is 34.7 Å². The second-order valence-corrected chi connectivity index (χ2v) is 10.2. The number of hydrogen-bond acceptors (Lipinski definition) is 3. The predicted molar refractivity (Wildman–Crippen MR) is 168 cm³/mol. The van der Waals surface area contributed by atoms with Gasteiger partial charge in [0.05, 0.1) is 13.5 Å². The topological polar surface area (TPSA) is 49.8 Å². The highest BCUT2D eigenvalue weighted by atomic mass is 16.5. The Kier molecular flexibility index (Phi) is 8.31. The Labute approximate surface area is 241 Å². The summed E-state index contributed by atoms with van der Waals surface area (Å²) in [4.78, 5) is 13.3. The van der Waals surface area contributed by atoms with E-state index in [1.165, 1.54) is 27.8 Å². The molecule has 4 nitrogen and oxygen atoms in total. The number of hydrogen-bond donors (Lipinski definition) is 1. The van der Waals surface area contributed by atoms with E-state index in [2.05, 4.69) is 97.6 Å². The van der Waals surface area contributed by atoms with Gasteiger partial charge in [0.25, 0.3) is 0 Å². The van der Waals surface area contributed by atoms with E-state index in [1.807, 2.05) is 48.5 Å². The van der Waals surface area contributed by atoms with Crippen LogP contribution in [-0.2, 0) is 11.2 Å². The standard InChI is InChI=1S/C37H33NO3/c1-26-4-12-30(13-5-26)36(31-14-6-27(2)7-15-31)24-28-8-16-32(17-9-28)38(34-20-22-35(41-3)23-21-34)33-18-10-29(11-19-33)25-37(39)40/h4-24H,25H2,1-3H3,(H,39,40). The van der Waals surface area contributed by atoms with Crippen LogP contribution in [0.4, 0.5) is 17.1 Å². The summed E-state index contributed by atoms with van der Waals surface area (Å²) < 4.78 is 5.37. The fraction of sp³-hybridized carbons (Fsp3) is 0.108. The molecular weight excluding hydrogens is 506 g/mol. The molecule has 0 aliphatic heterocycles. The highest BCUT2D eigenvalue weighted by Gasteiger charge is 2.14. The molecule has 0 saturated carbocycles. The molecule has 0 heterocycles. The molecule has 0 fully saturated rings. The maximum absolute atomic E-state index is 11.2. The maximum Gasteiger partial charge on any atom is 0.307 e. The average Bonchev–Trinajstić information content (AvgIpc) is 2.99. The van der Waals surface area contributed by atoms with E-state index >= 15 is 0 Å². The summed E-state index contributed by atoms with van der Waals surface area (Å²) in [6.07, 6.45) is 2.23. The zero-order chi connectivity index (χ0) is 28.8. The third kappa shape index (κ3) is 6.74. The monoisotopic (exact) mass is 539 g/mol. The van der Waals surface area contributed by atoms with Crippen molar-refractivity contribution in [1.82, 2.24) is 0 Å². The number of carbonyl (C=O) groups is 1. The smallest absolute Gasteiger partial charge is 0.307 e. The molecule has 0 unspecified atom stereocenters. The molecule has 41 heavy (non-hydrogen) atoms. The summed E-state index contributed by atoms with van der Waals surface area (Å²) in [5.41, 5.74) is 10.7. The number of rotatable bonds is 9. The Morgan fingerprint density at radius 2 is 1.10 bits per heavy atom. The van der Waals surface area contributed by atoms with Crippen molar-refractivity contribution in [3.8, 4) is 5.75 Å². The van der Waals surface area contributed by atoms with Crippen LogP contribution in [-0.4, -0.2) is 18.2 Å². The largest absolute Gasteiger partial charge is 0.497 e. The van der Waals surface area contributed by atoms with Crippen LogP contribution < -0.4 is 9.64 Å². The van der Waals surface area contributed by atoms with Crippen molar-refractivity contribution in [2.45, 2.75) is 20.3 Å². The van der Waals surface area contributed by atoms with E-state index in [0.29, 0.717) is 0 Å². The van der Waals surface area contributed by atoms with Crippen LogP contribution >= 0.6 is 0 Å². The Hall–Kier alpha value is -5.09. The van der Waals surface area contributed by atoms with Gasteiger partial charge in [-0.1, -0.05) is 83.9 Å². The first-order valence-corrected chi connectivity index (χ1v) is 13.6. The van der Waals surface area contributed by atoms with Crippen LogP contribution in [0.3, 0.4) is 0 Å². The second kappa shape index (κ2) is 12.4. The first-order chi connectivity index (χ1) is 19.9. The molecule has 0 aliphatic carbocycles. The Bertz CT molecular complexity index is 1590. The molecule has 0 radical (unpaired) electrons. The highest BCUT2D eigenvalue weighted by Crippen LogP contribution is 2.36. The third-order valence-electron chi connectivity index (χ3n) is 7.07. The summed E-state index contributed by atoms with van der Waals surface area (Å²) in [5, 5.41) is 9.18. The fourth-order valence-electron chi connectivity index (χ4n) is 4.80. The minimum atomic E-state index is -0.843. The van der Waals surface area contributed by atoms with Crippen molar-refractivity contribution < 1.29 is 14.6 Å². The predicted octanol–water partition coefficient (Wildman–Crippen LogP) is 9.00. The fourth-order valence-corrected chi connectivity index (χ4v) is 4.80. The van der Waals surface area contributed by atoms with Gasteiger partial charge in [-0.05, 0) is 96.3 Å². The van der Waals surface area contributed by atoms with Crippen molar-refractivity contribution in [3.63, 3.8) is 0 Å². The van der Waals surface area contributed by atoms with Gasteiger partial charge >= 0.3 is 5.97 Å². The molecule has 0 aromatic heterocycles. The van der Waals surface area contributed by atoms with Crippen LogP contribution in [0, 0.1) is 13.8 Å². The lowest BCUT2D eigenvalue weighted by atomic mass is 9.94. The van der Waals surface area contributed by atoms with Crippen LogP contribution in [0.25, 0.3) is 11.6 Å². The summed E-state index contributed by atoms with van der Waals surface area (Å²) in [6.45, 7) is 4.21. The van der Waals surface area contributed by atoms with E-state index in [4.69, 9.17) is 4.74 Å². The van der Waals surface area contributed by atoms with Gasteiger partial charge in [0.2, 0.25) is 0 Å². The van der Waals surface area contributed by atoms with Crippen molar-refractivity contribution in [3.05, 3.63) is 155 Å². The third-order valence-corrected chi connectivity index (χ3v) is 7.07. The lowest BCUT2D eigenvalue weighted by molar-refractivity contribution is -0.136. The summed E-state index contributed by atoms with van der Waals surface area (Å²) in [6, 6.07) is 41.4. The number of nitrogens with zero attached hydrogens (tertiary/aromatic N) is 1. The molecule has 4 heteroatoms. The minimum Gasteiger partial charge on any atom is -0.497 e. The molecule has 0 spiro atoms. The molecule has 0 amide bonds. The average molecular weight is 540 g/mol. The Morgan fingerprint density at radius 3 is 1.54 bits per heavy atom. The normalized spacial score (nSPS) is 10.6. The van der Waals surface area contributed by atoms with Gasteiger partial charge in [-0.3, -0.25) is 4.79 Å². The number of carboxylic acids is 1. The summed E-state index contributed by atoms with van der Waals surface area (Å²) >= 11 is 0. The molecule has 204 valence electrons. The number of methoxy groups -OCH3 is 1. The zero-order valence-electron chi connectivity index (χ0n) is 23.5. The minimum absolute atomic E-state index is 0.00581. The van der Waals surface area contributed by atoms with Gasteiger partial charge in [-0.2, -0.15) is 0 Å². The quantitative estimate of drug-likeness (QED) is 0.190. The number of aryl methyl sites for hydroxylation is 2.